The number of rotatable bonds is 3. The first-order valence-corrected chi connectivity index (χ1v) is 7.96. The van der Waals surface area contributed by atoms with Crippen LogP contribution in [0.3, 0.4) is 0 Å². The Hall–Kier alpha value is -2.93. The fourth-order valence-electron chi connectivity index (χ4n) is 2.25. The number of esters is 1. The number of nitrogens with zero attached hydrogens (tertiary/aromatic N) is 1. The van der Waals surface area contributed by atoms with E-state index in [2.05, 4.69) is 15.0 Å². The number of aryl methyl sites for hydroxylation is 1. The van der Waals surface area contributed by atoms with Crippen LogP contribution >= 0.6 is 11.3 Å². The van der Waals surface area contributed by atoms with E-state index < -0.39 is 5.97 Å². The second kappa shape index (κ2) is 6.29. The van der Waals surface area contributed by atoms with E-state index in [4.69, 9.17) is 5.73 Å². The second-order valence-electron chi connectivity index (χ2n) is 5.17. The van der Waals surface area contributed by atoms with Crippen molar-refractivity contribution in [3.63, 3.8) is 0 Å². The Kier molecular flexibility index (Phi) is 4.18. The number of amides is 1. The van der Waals surface area contributed by atoms with Crippen molar-refractivity contribution in [1.29, 1.82) is 0 Å². The van der Waals surface area contributed by atoms with E-state index in [0.29, 0.717) is 21.8 Å². The zero-order valence-corrected chi connectivity index (χ0v) is 13.9. The quantitative estimate of drug-likeness (QED) is 0.713. The molecule has 2 heterocycles. The average molecular weight is 341 g/mol. The minimum atomic E-state index is -0.428. The monoisotopic (exact) mass is 341 g/mol. The Morgan fingerprint density at radius 1 is 1.17 bits per heavy atom. The van der Waals surface area contributed by atoms with Crippen LogP contribution in [-0.4, -0.2) is 24.0 Å². The van der Waals surface area contributed by atoms with Crippen LogP contribution in [0.4, 0.5) is 11.4 Å². The van der Waals surface area contributed by atoms with Gasteiger partial charge in [0.2, 0.25) is 0 Å². The van der Waals surface area contributed by atoms with Crippen LogP contribution in [0.15, 0.2) is 36.4 Å². The molecule has 0 aliphatic heterocycles. The number of nitrogen functional groups attached to an aromatic ring is 1. The van der Waals surface area contributed by atoms with Crippen LogP contribution in [0.5, 0.6) is 0 Å². The van der Waals surface area contributed by atoms with E-state index in [1.165, 1.54) is 18.4 Å². The van der Waals surface area contributed by atoms with Gasteiger partial charge in [0.1, 0.15) is 9.71 Å². The third-order valence-electron chi connectivity index (χ3n) is 3.50. The molecule has 122 valence electrons. The van der Waals surface area contributed by atoms with Crippen LogP contribution in [0, 0.1) is 6.92 Å². The number of aromatic nitrogens is 1. The molecule has 6 nitrogen and oxygen atoms in total. The number of hydrogen-bond donors (Lipinski definition) is 2. The second-order valence-corrected chi connectivity index (χ2v) is 6.17. The number of methoxy groups -OCH3 is 1. The highest BCUT2D eigenvalue weighted by atomic mass is 32.1. The summed E-state index contributed by atoms with van der Waals surface area (Å²) in [5.41, 5.74) is 8.34. The van der Waals surface area contributed by atoms with Crippen LogP contribution in [0.2, 0.25) is 0 Å². The summed E-state index contributed by atoms with van der Waals surface area (Å²) in [5.74, 6) is -0.734. The van der Waals surface area contributed by atoms with Crippen molar-refractivity contribution in [3.8, 4) is 0 Å². The molecule has 0 aliphatic rings. The number of anilines is 2. The molecule has 3 N–H and O–H groups in total. The molecule has 0 aliphatic carbocycles. The highest BCUT2D eigenvalue weighted by molar-refractivity contribution is 7.21. The molecule has 3 aromatic rings. The summed E-state index contributed by atoms with van der Waals surface area (Å²) < 4.78 is 4.64. The van der Waals surface area contributed by atoms with Crippen molar-refractivity contribution in [2.45, 2.75) is 6.92 Å². The number of ether oxygens (including phenoxy) is 1. The number of carbonyl (C=O) groups is 2. The lowest BCUT2D eigenvalue weighted by Crippen LogP contribution is -2.12. The lowest BCUT2D eigenvalue weighted by atomic mass is 10.2. The van der Waals surface area contributed by atoms with Gasteiger partial charge in [-0.25, -0.2) is 9.78 Å². The highest BCUT2D eigenvalue weighted by Crippen LogP contribution is 2.33. The molecule has 1 amide bonds. The van der Waals surface area contributed by atoms with Crippen molar-refractivity contribution < 1.29 is 14.3 Å². The first-order chi connectivity index (χ1) is 11.5. The van der Waals surface area contributed by atoms with Crippen LogP contribution in [0.1, 0.15) is 25.7 Å². The van der Waals surface area contributed by atoms with Gasteiger partial charge in [0.05, 0.1) is 18.4 Å². The molecule has 0 unspecified atom stereocenters. The Morgan fingerprint density at radius 3 is 2.54 bits per heavy atom. The standard InChI is InChI=1S/C17H15N3O3S/c1-9-3-8-12-13(18)14(24-16(12)19-9)15(21)20-11-6-4-10(5-7-11)17(22)23-2/h3-8H,18H2,1-2H3,(H,20,21). The fraction of sp³-hybridized carbons (Fsp3) is 0.118. The minimum absolute atomic E-state index is 0.307. The Bertz CT molecular complexity index is 932. The number of nitrogens with one attached hydrogen (secondary N) is 1. The van der Waals surface area contributed by atoms with Crippen molar-refractivity contribution in [2.24, 2.45) is 0 Å². The lowest BCUT2D eigenvalue weighted by Gasteiger charge is -2.05. The molecule has 0 atom stereocenters. The smallest absolute Gasteiger partial charge is 0.337 e. The number of thiophene rings is 1. The molecule has 0 bridgehead atoms. The van der Waals surface area contributed by atoms with Gasteiger partial charge in [-0.05, 0) is 43.3 Å². The maximum atomic E-state index is 12.5. The predicted molar refractivity (Wildman–Crippen MR) is 94.5 cm³/mol. The Balaban J connectivity index is 1.85. The van der Waals surface area contributed by atoms with Gasteiger partial charge in [-0.1, -0.05) is 0 Å². The zero-order chi connectivity index (χ0) is 17.3. The van der Waals surface area contributed by atoms with Crippen molar-refractivity contribution in [3.05, 3.63) is 52.5 Å². The average Bonchev–Trinajstić information content (AvgIpc) is 2.91. The number of pyridine rings is 1. The Labute approximate surface area is 142 Å². The maximum Gasteiger partial charge on any atom is 0.337 e. The normalized spacial score (nSPS) is 10.6. The fourth-order valence-corrected chi connectivity index (χ4v) is 3.29. The molecule has 2 aromatic heterocycles. The van der Waals surface area contributed by atoms with Crippen molar-refractivity contribution in [2.75, 3.05) is 18.2 Å². The van der Waals surface area contributed by atoms with Gasteiger partial charge < -0.3 is 15.8 Å². The summed E-state index contributed by atoms with van der Waals surface area (Å²) >= 11 is 1.25. The number of hydrogen-bond acceptors (Lipinski definition) is 6. The molecule has 3 rings (SSSR count). The first-order valence-electron chi connectivity index (χ1n) is 7.15. The molecule has 0 fully saturated rings. The maximum absolute atomic E-state index is 12.5. The van der Waals surface area contributed by atoms with E-state index in [-0.39, 0.29) is 5.91 Å². The van der Waals surface area contributed by atoms with Crippen LogP contribution < -0.4 is 11.1 Å². The number of fused-ring (bicyclic) bond motifs is 1. The Morgan fingerprint density at radius 2 is 1.88 bits per heavy atom. The van der Waals surface area contributed by atoms with Gasteiger partial charge in [0.25, 0.3) is 5.91 Å². The molecule has 24 heavy (non-hydrogen) atoms. The van der Waals surface area contributed by atoms with Gasteiger partial charge in [0, 0.05) is 16.8 Å². The van der Waals surface area contributed by atoms with Gasteiger partial charge in [-0.2, -0.15) is 0 Å². The molecule has 0 saturated heterocycles. The summed E-state index contributed by atoms with van der Waals surface area (Å²) in [6.45, 7) is 1.89. The molecule has 0 saturated carbocycles. The lowest BCUT2D eigenvalue weighted by molar-refractivity contribution is 0.0600. The van der Waals surface area contributed by atoms with E-state index in [9.17, 15) is 9.59 Å². The number of benzene rings is 1. The van der Waals surface area contributed by atoms with E-state index in [1.54, 1.807) is 24.3 Å². The number of nitrogens with two attached hydrogens (primary N) is 1. The summed E-state index contributed by atoms with van der Waals surface area (Å²) in [7, 11) is 1.32. The summed E-state index contributed by atoms with van der Waals surface area (Å²) in [4.78, 5) is 29.4. The molecular formula is C17H15N3O3S. The number of carbonyl (C=O) groups excluding carboxylic acids is 2. The SMILES string of the molecule is COC(=O)c1ccc(NC(=O)c2sc3nc(C)ccc3c2N)cc1. The van der Waals surface area contributed by atoms with E-state index >= 15 is 0 Å². The topological polar surface area (TPSA) is 94.3 Å². The van der Waals surface area contributed by atoms with Gasteiger partial charge in [0.15, 0.2) is 0 Å². The third kappa shape index (κ3) is 2.93. The van der Waals surface area contributed by atoms with E-state index in [0.717, 1.165) is 15.9 Å². The van der Waals surface area contributed by atoms with Crippen LogP contribution in [-0.2, 0) is 4.74 Å². The molecule has 1 aromatic carbocycles. The minimum Gasteiger partial charge on any atom is -0.465 e. The van der Waals surface area contributed by atoms with Crippen molar-refractivity contribution in [1.82, 2.24) is 4.98 Å². The van der Waals surface area contributed by atoms with Gasteiger partial charge in [-0.3, -0.25) is 4.79 Å². The zero-order valence-electron chi connectivity index (χ0n) is 13.1. The summed E-state index contributed by atoms with van der Waals surface area (Å²) in [5, 5.41) is 3.55. The molecular weight excluding hydrogens is 326 g/mol. The van der Waals surface area contributed by atoms with Crippen molar-refractivity contribution >= 4 is 44.8 Å². The van der Waals surface area contributed by atoms with Gasteiger partial charge in [-0.15, -0.1) is 11.3 Å². The van der Waals surface area contributed by atoms with Crippen LogP contribution in [0.25, 0.3) is 10.2 Å². The largest absolute Gasteiger partial charge is 0.465 e. The van der Waals surface area contributed by atoms with E-state index in [1.807, 2.05) is 19.1 Å². The first kappa shape index (κ1) is 15.9. The third-order valence-corrected chi connectivity index (χ3v) is 4.62. The highest BCUT2D eigenvalue weighted by Gasteiger charge is 2.17. The molecule has 0 radical (unpaired) electrons. The summed E-state index contributed by atoms with van der Waals surface area (Å²) in [6.07, 6.45) is 0. The molecule has 7 heteroatoms. The van der Waals surface area contributed by atoms with Gasteiger partial charge >= 0.3 is 5.97 Å². The summed E-state index contributed by atoms with van der Waals surface area (Å²) in [6, 6.07) is 10.2. The predicted octanol–water partition coefficient (Wildman–Crippen LogP) is 3.23. The molecule has 0 spiro atoms.